The van der Waals surface area contributed by atoms with E-state index in [2.05, 4.69) is 17.4 Å². The Morgan fingerprint density at radius 2 is 1.75 bits per heavy atom. The van der Waals surface area contributed by atoms with E-state index in [1.165, 1.54) is 30.8 Å². The van der Waals surface area contributed by atoms with Crippen LogP contribution in [-0.4, -0.2) is 34.8 Å². The van der Waals surface area contributed by atoms with Crippen molar-refractivity contribution in [1.82, 2.24) is 10.1 Å². The number of aryl methyl sites for hydroxylation is 1. The number of imide groups is 1. The lowest BCUT2D eigenvalue weighted by molar-refractivity contribution is 0.0693. The van der Waals surface area contributed by atoms with Gasteiger partial charge in [-0.1, -0.05) is 36.3 Å². The fourth-order valence-electron chi connectivity index (χ4n) is 3.07. The molecule has 1 aliphatic rings. The first kappa shape index (κ1) is 17.7. The Morgan fingerprint density at radius 1 is 1.04 bits per heavy atom. The van der Waals surface area contributed by atoms with Crippen LogP contribution in [0.4, 0.5) is 5.88 Å². The fourth-order valence-corrected chi connectivity index (χ4v) is 3.07. The van der Waals surface area contributed by atoms with E-state index in [1.54, 1.807) is 6.07 Å². The predicted molar refractivity (Wildman–Crippen MR) is 102 cm³/mol. The van der Waals surface area contributed by atoms with E-state index in [0.717, 1.165) is 16.9 Å². The van der Waals surface area contributed by atoms with E-state index in [0.29, 0.717) is 11.3 Å². The molecule has 4 rings (SSSR count). The minimum Gasteiger partial charge on any atom is -0.338 e. The quantitative estimate of drug-likeness (QED) is 0.706. The molecule has 0 spiro atoms. The summed E-state index contributed by atoms with van der Waals surface area (Å²) in [6.45, 7) is 2.08. The lowest BCUT2D eigenvalue weighted by atomic mass is 10.1. The molecule has 2 heterocycles. The van der Waals surface area contributed by atoms with Crippen molar-refractivity contribution in [3.63, 3.8) is 0 Å². The number of fused-ring (bicyclic) bond motifs is 1. The van der Waals surface area contributed by atoms with Crippen LogP contribution in [0.25, 0.3) is 11.3 Å². The third-order valence-electron chi connectivity index (χ3n) is 4.76. The molecule has 0 atom stereocenters. The van der Waals surface area contributed by atoms with E-state index in [4.69, 9.17) is 4.52 Å². The molecule has 2 aromatic carbocycles. The maximum Gasteiger partial charge on any atom is 0.261 e. The largest absolute Gasteiger partial charge is 0.338 e. The molecule has 0 saturated heterocycles. The molecule has 1 aromatic heterocycles. The van der Waals surface area contributed by atoms with Gasteiger partial charge in [0.1, 0.15) is 5.69 Å². The SMILES string of the molecule is CCc1ccc(-c2cc(NC(=O)c3ccc4c(c3)C(=O)N(C)C4=O)on2)cc1. The molecule has 0 aliphatic carbocycles. The second-order valence-electron chi connectivity index (χ2n) is 6.51. The molecular formula is C21H17N3O4. The van der Waals surface area contributed by atoms with Gasteiger partial charge in [-0.05, 0) is 30.2 Å². The van der Waals surface area contributed by atoms with Gasteiger partial charge in [-0.15, -0.1) is 0 Å². The van der Waals surface area contributed by atoms with Gasteiger partial charge in [0, 0.05) is 24.2 Å². The first-order valence-electron chi connectivity index (χ1n) is 8.81. The molecule has 3 amide bonds. The van der Waals surface area contributed by atoms with Crippen molar-refractivity contribution < 1.29 is 18.9 Å². The molecule has 0 unspecified atom stereocenters. The number of benzene rings is 2. The average molecular weight is 375 g/mol. The second-order valence-corrected chi connectivity index (χ2v) is 6.51. The number of hydrogen-bond donors (Lipinski definition) is 1. The van der Waals surface area contributed by atoms with Crippen LogP contribution in [0.1, 0.15) is 43.6 Å². The van der Waals surface area contributed by atoms with Crippen LogP contribution < -0.4 is 5.32 Å². The summed E-state index contributed by atoms with van der Waals surface area (Å²) in [7, 11) is 1.41. The first-order chi connectivity index (χ1) is 13.5. The molecule has 1 N–H and O–H groups in total. The molecule has 28 heavy (non-hydrogen) atoms. The zero-order chi connectivity index (χ0) is 19.8. The van der Waals surface area contributed by atoms with Crippen molar-refractivity contribution in [2.24, 2.45) is 0 Å². The van der Waals surface area contributed by atoms with Crippen molar-refractivity contribution in [3.8, 4) is 11.3 Å². The molecule has 1 aliphatic heterocycles. The highest BCUT2D eigenvalue weighted by molar-refractivity contribution is 6.22. The molecule has 7 heteroatoms. The number of anilines is 1. The van der Waals surface area contributed by atoms with Crippen molar-refractivity contribution in [1.29, 1.82) is 0 Å². The number of nitrogens with one attached hydrogen (secondary N) is 1. The minimum atomic E-state index is -0.457. The Labute approximate surface area is 160 Å². The molecule has 7 nitrogen and oxygen atoms in total. The Hall–Kier alpha value is -3.74. The standard InChI is InChI=1S/C21H17N3O4/c1-3-12-4-6-13(7-5-12)17-11-18(28-23-17)22-19(25)14-8-9-15-16(10-14)21(27)24(2)20(15)26/h4-11H,3H2,1-2H3,(H,22,25). The Kier molecular flexibility index (Phi) is 4.27. The van der Waals surface area contributed by atoms with Crippen LogP contribution in [-0.2, 0) is 6.42 Å². The lowest BCUT2D eigenvalue weighted by Crippen LogP contribution is -2.24. The lowest BCUT2D eigenvalue weighted by Gasteiger charge is -2.03. The number of aromatic nitrogens is 1. The van der Waals surface area contributed by atoms with Gasteiger partial charge in [-0.25, -0.2) is 0 Å². The number of amides is 3. The normalized spacial score (nSPS) is 13.0. The number of nitrogens with zero attached hydrogens (tertiary/aromatic N) is 2. The van der Waals surface area contributed by atoms with Gasteiger partial charge in [-0.3, -0.25) is 24.6 Å². The van der Waals surface area contributed by atoms with Gasteiger partial charge >= 0.3 is 0 Å². The van der Waals surface area contributed by atoms with E-state index < -0.39 is 11.8 Å². The summed E-state index contributed by atoms with van der Waals surface area (Å²) in [4.78, 5) is 37.6. The summed E-state index contributed by atoms with van der Waals surface area (Å²) < 4.78 is 5.20. The van der Waals surface area contributed by atoms with Gasteiger partial charge in [0.15, 0.2) is 0 Å². The van der Waals surface area contributed by atoms with Crippen molar-refractivity contribution in [3.05, 3.63) is 70.8 Å². The summed E-state index contributed by atoms with van der Waals surface area (Å²) in [6.07, 6.45) is 0.949. The Bertz CT molecular complexity index is 1100. The number of carbonyl (C=O) groups is 3. The van der Waals surface area contributed by atoms with Crippen LogP contribution in [0.2, 0.25) is 0 Å². The summed E-state index contributed by atoms with van der Waals surface area (Å²) in [5.41, 5.74) is 3.47. The highest BCUT2D eigenvalue weighted by Crippen LogP contribution is 2.25. The molecule has 3 aromatic rings. The van der Waals surface area contributed by atoms with Gasteiger partial charge in [0.2, 0.25) is 5.88 Å². The van der Waals surface area contributed by atoms with E-state index in [1.807, 2.05) is 24.3 Å². The molecule has 0 fully saturated rings. The van der Waals surface area contributed by atoms with Crippen LogP contribution >= 0.6 is 0 Å². The van der Waals surface area contributed by atoms with Gasteiger partial charge < -0.3 is 4.52 Å². The smallest absolute Gasteiger partial charge is 0.261 e. The van der Waals surface area contributed by atoms with E-state index in [9.17, 15) is 14.4 Å². The summed E-state index contributed by atoms with van der Waals surface area (Å²) in [6, 6.07) is 14.0. The third-order valence-corrected chi connectivity index (χ3v) is 4.76. The van der Waals surface area contributed by atoms with E-state index >= 15 is 0 Å². The monoisotopic (exact) mass is 375 g/mol. The Balaban J connectivity index is 1.53. The van der Waals surface area contributed by atoms with Crippen molar-refractivity contribution >= 4 is 23.6 Å². The molecular weight excluding hydrogens is 358 g/mol. The van der Waals surface area contributed by atoms with Crippen LogP contribution in [0, 0.1) is 0 Å². The number of rotatable bonds is 4. The number of hydrogen-bond acceptors (Lipinski definition) is 5. The topological polar surface area (TPSA) is 92.5 Å². The van der Waals surface area contributed by atoms with Gasteiger partial charge in [0.25, 0.3) is 17.7 Å². The third kappa shape index (κ3) is 2.96. The summed E-state index contributed by atoms with van der Waals surface area (Å²) in [5.74, 6) is -1.06. The zero-order valence-corrected chi connectivity index (χ0v) is 15.4. The predicted octanol–water partition coefficient (Wildman–Crippen LogP) is 3.38. The summed E-state index contributed by atoms with van der Waals surface area (Å²) >= 11 is 0. The maximum absolute atomic E-state index is 12.5. The van der Waals surface area contributed by atoms with Crippen LogP contribution in [0.15, 0.2) is 53.1 Å². The van der Waals surface area contributed by atoms with Crippen molar-refractivity contribution in [2.75, 3.05) is 12.4 Å². The zero-order valence-electron chi connectivity index (χ0n) is 15.4. The average Bonchev–Trinajstić information content (AvgIpc) is 3.27. The first-order valence-corrected chi connectivity index (χ1v) is 8.81. The van der Waals surface area contributed by atoms with Crippen molar-refractivity contribution in [2.45, 2.75) is 13.3 Å². The van der Waals surface area contributed by atoms with E-state index in [-0.39, 0.29) is 22.9 Å². The summed E-state index contributed by atoms with van der Waals surface area (Å²) in [5, 5.41) is 6.60. The Morgan fingerprint density at radius 3 is 2.46 bits per heavy atom. The molecule has 0 radical (unpaired) electrons. The van der Waals surface area contributed by atoms with Crippen LogP contribution in [0.3, 0.4) is 0 Å². The maximum atomic E-state index is 12.5. The second kappa shape index (κ2) is 6.77. The molecule has 0 saturated carbocycles. The molecule has 140 valence electrons. The fraction of sp³-hybridized carbons (Fsp3) is 0.143. The highest BCUT2D eigenvalue weighted by Gasteiger charge is 2.33. The molecule has 0 bridgehead atoms. The van der Waals surface area contributed by atoms with Gasteiger partial charge in [0.05, 0.1) is 11.1 Å². The van der Waals surface area contributed by atoms with Crippen LogP contribution in [0.5, 0.6) is 0 Å². The minimum absolute atomic E-state index is 0.194. The van der Waals surface area contributed by atoms with Gasteiger partial charge in [-0.2, -0.15) is 0 Å². The highest BCUT2D eigenvalue weighted by atomic mass is 16.5. The number of carbonyl (C=O) groups excluding carboxylic acids is 3.